The van der Waals surface area contributed by atoms with Crippen LogP contribution in [0.25, 0.3) is 10.8 Å². The Morgan fingerprint density at radius 2 is 1.95 bits per heavy atom. The van der Waals surface area contributed by atoms with E-state index in [1.54, 1.807) is 36.5 Å². The van der Waals surface area contributed by atoms with Crippen LogP contribution in [0, 0.1) is 12.3 Å². The van der Waals surface area contributed by atoms with E-state index >= 15 is 0 Å². The van der Waals surface area contributed by atoms with Crippen molar-refractivity contribution in [3.8, 4) is 24.0 Å². The Balaban J connectivity index is 1.30. The monoisotopic (exact) mass is 522 g/mol. The molecular weight excluding hydrogens is 492 g/mol. The van der Waals surface area contributed by atoms with Gasteiger partial charge in [0.1, 0.15) is 5.75 Å². The molecule has 0 spiro atoms. The predicted molar refractivity (Wildman–Crippen MR) is 152 cm³/mol. The first-order chi connectivity index (χ1) is 19.0. The molecule has 198 valence electrons. The third kappa shape index (κ3) is 6.44. The molecule has 0 unspecified atom stereocenters. The Hall–Kier alpha value is -4.65. The van der Waals surface area contributed by atoms with E-state index in [-0.39, 0.29) is 11.9 Å². The first-order valence-corrected chi connectivity index (χ1v) is 12.8. The number of fused-ring (bicyclic) bond motifs is 1. The third-order valence-electron chi connectivity index (χ3n) is 6.39. The van der Waals surface area contributed by atoms with Crippen LogP contribution in [-0.2, 0) is 4.74 Å². The molecule has 1 aliphatic heterocycles. The maximum atomic E-state index is 13.0. The molecule has 1 aromatic heterocycles. The summed E-state index contributed by atoms with van der Waals surface area (Å²) >= 11 is 0. The Morgan fingerprint density at radius 3 is 2.74 bits per heavy atom. The lowest BCUT2D eigenvalue weighted by molar-refractivity contribution is 0.0342. The smallest absolute Gasteiger partial charge is 0.251 e. The van der Waals surface area contributed by atoms with Gasteiger partial charge in [0.15, 0.2) is 0 Å². The number of nitrogen functional groups attached to an aromatic ring is 1. The van der Waals surface area contributed by atoms with Gasteiger partial charge < -0.3 is 25.8 Å². The highest BCUT2D eigenvalue weighted by Gasteiger charge is 2.17. The summed E-state index contributed by atoms with van der Waals surface area (Å²) in [5.41, 5.74) is 8.38. The number of hydrogen-bond donors (Lipinski definition) is 3. The zero-order valence-corrected chi connectivity index (χ0v) is 21.7. The number of amides is 1. The van der Waals surface area contributed by atoms with Crippen molar-refractivity contribution in [2.75, 3.05) is 43.9 Å². The van der Waals surface area contributed by atoms with Crippen LogP contribution < -0.4 is 21.1 Å². The number of benzene rings is 3. The molecule has 9 nitrogen and oxygen atoms in total. The van der Waals surface area contributed by atoms with Gasteiger partial charge in [0, 0.05) is 71.2 Å². The van der Waals surface area contributed by atoms with Crippen molar-refractivity contribution in [3.63, 3.8) is 0 Å². The summed E-state index contributed by atoms with van der Waals surface area (Å²) in [5.74, 6) is 3.69. The minimum Gasteiger partial charge on any atom is -0.438 e. The maximum Gasteiger partial charge on any atom is 0.251 e. The van der Waals surface area contributed by atoms with Crippen molar-refractivity contribution in [2.45, 2.75) is 13.0 Å². The van der Waals surface area contributed by atoms with Gasteiger partial charge in [0.25, 0.3) is 5.91 Å². The quantitative estimate of drug-likeness (QED) is 0.233. The number of nitrogens with zero attached hydrogens (tertiary/aromatic N) is 3. The number of carbonyl (C=O) groups excluding carboxylic acids is 1. The number of rotatable bonds is 8. The molecule has 3 aromatic carbocycles. The number of aromatic nitrogens is 2. The molecule has 1 saturated heterocycles. The molecular formula is C30H30N6O3. The average molecular weight is 523 g/mol. The Morgan fingerprint density at radius 1 is 1.15 bits per heavy atom. The predicted octanol–water partition coefficient (Wildman–Crippen LogP) is 4.18. The van der Waals surface area contributed by atoms with E-state index in [1.165, 1.54) is 0 Å². The van der Waals surface area contributed by atoms with Crippen LogP contribution in [0.5, 0.6) is 11.6 Å². The Kier molecular flexibility index (Phi) is 7.87. The van der Waals surface area contributed by atoms with Gasteiger partial charge in [0.05, 0.1) is 13.2 Å². The highest BCUT2D eigenvalue weighted by Crippen LogP contribution is 2.32. The summed E-state index contributed by atoms with van der Waals surface area (Å²) in [5, 5.41) is 7.99. The van der Waals surface area contributed by atoms with Crippen molar-refractivity contribution >= 4 is 34.0 Å². The summed E-state index contributed by atoms with van der Waals surface area (Å²) in [6, 6.07) is 18.2. The van der Waals surface area contributed by atoms with Gasteiger partial charge >= 0.3 is 0 Å². The van der Waals surface area contributed by atoms with E-state index < -0.39 is 0 Å². The Bertz CT molecular complexity index is 1530. The number of carbonyl (C=O) groups is 1. The fourth-order valence-corrected chi connectivity index (χ4v) is 4.52. The van der Waals surface area contributed by atoms with E-state index in [1.807, 2.05) is 37.3 Å². The van der Waals surface area contributed by atoms with E-state index in [2.05, 4.69) is 31.4 Å². The molecule has 39 heavy (non-hydrogen) atoms. The standard InChI is InChI=1S/C30H30N6O3/c1-3-21-16-22(29(37)33-20(2)19-36-12-14-38-15-13-36)18-23(17-21)34-30-32-11-10-28(35-30)39-27-9-8-26(31)24-6-4-5-7-25(24)27/h1,4-11,16-18,20H,12-15,19,31H2,2H3,(H,33,37)(H,32,34,35)/t20-/m1/s1. The Labute approximate surface area is 227 Å². The molecule has 4 N–H and O–H groups in total. The number of anilines is 3. The number of morpholine rings is 1. The van der Waals surface area contributed by atoms with Gasteiger partial charge in [-0.25, -0.2) is 4.98 Å². The lowest BCUT2D eigenvalue weighted by atomic mass is 10.1. The lowest BCUT2D eigenvalue weighted by Crippen LogP contribution is -2.46. The zero-order chi connectivity index (χ0) is 27.2. The molecule has 1 fully saturated rings. The van der Waals surface area contributed by atoms with Crippen molar-refractivity contribution in [3.05, 3.63) is 78.0 Å². The SMILES string of the molecule is C#Cc1cc(Nc2nccc(Oc3ccc(N)c4ccccc34)n2)cc(C(=O)N[C@H](C)CN2CCOCC2)c1. The highest BCUT2D eigenvalue weighted by molar-refractivity contribution is 5.97. The second kappa shape index (κ2) is 11.8. The normalized spacial score (nSPS) is 14.4. The van der Waals surface area contributed by atoms with Crippen molar-refractivity contribution in [2.24, 2.45) is 0 Å². The van der Waals surface area contributed by atoms with E-state index in [0.717, 1.165) is 30.4 Å². The average Bonchev–Trinajstić information content (AvgIpc) is 2.95. The minimum atomic E-state index is -0.204. The molecule has 0 saturated carbocycles. The first kappa shape index (κ1) is 26.0. The second-order valence-corrected chi connectivity index (χ2v) is 9.37. The van der Waals surface area contributed by atoms with E-state index in [0.29, 0.717) is 53.3 Å². The number of nitrogens with two attached hydrogens (primary N) is 1. The van der Waals surface area contributed by atoms with Gasteiger partial charge in [-0.1, -0.05) is 30.2 Å². The van der Waals surface area contributed by atoms with Crippen molar-refractivity contribution in [1.29, 1.82) is 0 Å². The largest absolute Gasteiger partial charge is 0.438 e. The molecule has 2 heterocycles. The van der Waals surface area contributed by atoms with Gasteiger partial charge in [-0.3, -0.25) is 9.69 Å². The molecule has 1 amide bonds. The number of hydrogen-bond acceptors (Lipinski definition) is 8. The van der Waals surface area contributed by atoms with E-state index in [4.69, 9.17) is 21.6 Å². The van der Waals surface area contributed by atoms with Gasteiger partial charge in [-0.05, 0) is 37.3 Å². The molecule has 5 rings (SSSR count). The first-order valence-electron chi connectivity index (χ1n) is 12.8. The van der Waals surface area contributed by atoms with Crippen molar-refractivity contribution in [1.82, 2.24) is 20.2 Å². The highest BCUT2D eigenvalue weighted by atomic mass is 16.5. The summed E-state index contributed by atoms with van der Waals surface area (Å²) < 4.78 is 11.5. The fraction of sp³-hybridized carbons (Fsp3) is 0.233. The minimum absolute atomic E-state index is 0.0388. The van der Waals surface area contributed by atoms with Crippen LogP contribution in [0.2, 0.25) is 0 Å². The van der Waals surface area contributed by atoms with E-state index in [9.17, 15) is 4.79 Å². The van der Waals surface area contributed by atoms with Gasteiger partial charge in [0.2, 0.25) is 11.8 Å². The van der Waals surface area contributed by atoms with Crippen LogP contribution in [0.15, 0.2) is 66.9 Å². The molecule has 1 atom stereocenters. The lowest BCUT2D eigenvalue weighted by Gasteiger charge is -2.29. The molecule has 0 aliphatic carbocycles. The number of terminal acetylenes is 1. The topological polar surface area (TPSA) is 115 Å². The van der Waals surface area contributed by atoms with Crippen LogP contribution in [0.4, 0.5) is 17.3 Å². The van der Waals surface area contributed by atoms with Crippen LogP contribution in [0.3, 0.4) is 0 Å². The van der Waals surface area contributed by atoms with Crippen molar-refractivity contribution < 1.29 is 14.3 Å². The van der Waals surface area contributed by atoms with Gasteiger partial charge in [-0.15, -0.1) is 6.42 Å². The second-order valence-electron chi connectivity index (χ2n) is 9.37. The summed E-state index contributed by atoms with van der Waals surface area (Å²) in [6.45, 7) is 5.88. The maximum absolute atomic E-state index is 13.0. The van der Waals surface area contributed by atoms with Crippen LogP contribution in [0.1, 0.15) is 22.8 Å². The summed E-state index contributed by atoms with van der Waals surface area (Å²) in [7, 11) is 0. The molecule has 4 aromatic rings. The molecule has 9 heteroatoms. The van der Waals surface area contributed by atoms with Gasteiger partial charge in [-0.2, -0.15) is 4.98 Å². The molecule has 0 bridgehead atoms. The number of nitrogens with one attached hydrogen (secondary N) is 2. The van der Waals surface area contributed by atoms with Crippen LogP contribution >= 0.6 is 0 Å². The molecule has 1 aliphatic rings. The fourth-order valence-electron chi connectivity index (χ4n) is 4.52. The zero-order valence-electron chi connectivity index (χ0n) is 21.7. The van der Waals surface area contributed by atoms with Crippen LogP contribution in [-0.4, -0.2) is 59.7 Å². The summed E-state index contributed by atoms with van der Waals surface area (Å²) in [6.07, 6.45) is 7.28. The third-order valence-corrected chi connectivity index (χ3v) is 6.39. The number of ether oxygens (including phenoxy) is 2. The summed E-state index contributed by atoms with van der Waals surface area (Å²) in [4.78, 5) is 24.1. The molecule has 0 radical (unpaired) electrons.